The van der Waals surface area contributed by atoms with E-state index in [0.29, 0.717) is 12.0 Å². The highest BCUT2D eigenvalue weighted by molar-refractivity contribution is 5.84. The molecule has 0 bridgehead atoms. The Bertz CT molecular complexity index is 768. The number of hydrogen-bond donors (Lipinski definition) is 2. The Balaban J connectivity index is 1.81. The van der Waals surface area contributed by atoms with Gasteiger partial charge in [0.2, 0.25) is 5.82 Å². The van der Waals surface area contributed by atoms with Crippen LogP contribution >= 0.6 is 0 Å². The zero-order chi connectivity index (χ0) is 17.5. The third-order valence-electron chi connectivity index (χ3n) is 3.97. The summed E-state index contributed by atoms with van der Waals surface area (Å²) in [5, 5.41) is 16.1. The van der Waals surface area contributed by atoms with Crippen LogP contribution in [0.25, 0.3) is 11.4 Å². The molecule has 24 heavy (non-hydrogen) atoms. The van der Waals surface area contributed by atoms with E-state index in [-0.39, 0.29) is 11.9 Å². The number of aromatic nitrogens is 2. The van der Waals surface area contributed by atoms with Gasteiger partial charge in [-0.05, 0) is 43.9 Å². The van der Waals surface area contributed by atoms with Crippen LogP contribution in [-0.2, 0) is 11.2 Å². The molecule has 0 saturated heterocycles. The van der Waals surface area contributed by atoms with E-state index in [1.807, 2.05) is 12.1 Å². The first kappa shape index (κ1) is 16.5. The first-order valence-corrected chi connectivity index (χ1v) is 7.54. The van der Waals surface area contributed by atoms with Crippen LogP contribution in [-0.4, -0.2) is 26.8 Å². The van der Waals surface area contributed by atoms with Crippen molar-refractivity contribution in [2.75, 3.05) is 0 Å². The summed E-state index contributed by atoms with van der Waals surface area (Å²) in [4.78, 5) is 15.6. The van der Waals surface area contributed by atoms with Crippen LogP contribution in [0.15, 0.2) is 22.7 Å². The molecule has 6 nitrogen and oxygen atoms in total. The average Bonchev–Trinajstić information content (AvgIpc) is 3.13. The molecule has 1 aromatic carbocycles. The number of nitrogens with zero attached hydrogens (tertiary/aromatic N) is 2. The van der Waals surface area contributed by atoms with E-state index in [0.717, 1.165) is 17.5 Å². The fourth-order valence-electron chi connectivity index (χ4n) is 2.68. The van der Waals surface area contributed by atoms with Crippen LogP contribution in [0.2, 0.25) is 0 Å². The number of carbonyl (C=O) groups is 1. The lowest BCUT2D eigenvalue weighted by Crippen LogP contribution is -2.43. The van der Waals surface area contributed by atoms with Gasteiger partial charge in [0.05, 0.1) is 6.04 Å². The number of halogens is 2. The lowest BCUT2D eigenvalue weighted by molar-refractivity contribution is -0.137. The van der Waals surface area contributed by atoms with E-state index < -0.39 is 23.8 Å². The molecule has 128 valence electrons. The van der Waals surface area contributed by atoms with Gasteiger partial charge in [0.25, 0.3) is 11.8 Å². The number of hydrogen-bond acceptors (Lipinski definition) is 5. The predicted molar refractivity (Wildman–Crippen MR) is 80.2 cm³/mol. The number of aryl methyl sites for hydroxylation is 1. The monoisotopic (exact) mass is 337 g/mol. The van der Waals surface area contributed by atoms with Crippen molar-refractivity contribution in [3.63, 3.8) is 0 Å². The predicted octanol–water partition coefficient (Wildman–Crippen LogP) is 2.55. The van der Waals surface area contributed by atoms with Crippen molar-refractivity contribution in [1.29, 1.82) is 0 Å². The van der Waals surface area contributed by atoms with Crippen LogP contribution in [0.5, 0.6) is 0 Å². The summed E-state index contributed by atoms with van der Waals surface area (Å²) in [5.41, 5.74) is 1.06. The molecule has 0 radical (unpaired) electrons. The number of alkyl halides is 2. The maximum atomic E-state index is 12.5. The molecule has 2 N–H and O–H groups in total. The Morgan fingerprint density at radius 3 is 2.83 bits per heavy atom. The highest BCUT2D eigenvalue weighted by Crippen LogP contribution is 2.34. The first-order valence-electron chi connectivity index (χ1n) is 7.54. The molecule has 1 atom stereocenters. The average molecular weight is 337 g/mol. The van der Waals surface area contributed by atoms with Gasteiger partial charge in [0.15, 0.2) is 0 Å². The Labute approximate surface area is 136 Å². The number of rotatable bonds is 4. The minimum atomic E-state index is -2.80. The van der Waals surface area contributed by atoms with E-state index >= 15 is 0 Å². The molecule has 1 amide bonds. The summed E-state index contributed by atoms with van der Waals surface area (Å²) >= 11 is 0. The Kier molecular flexibility index (Phi) is 4.08. The second-order valence-corrected chi connectivity index (χ2v) is 6.29. The van der Waals surface area contributed by atoms with E-state index in [2.05, 4.69) is 20.0 Å². The highest BCUT2D eigenvalue weighted by atomic mass is 19.3. The van der Waals surface area contributed by atoms with E-state index in [1.165, 1.54) is 13.8 Å². The summed E-state index contributed by atoms with van der Waals surface area (Å²) < 4.78 is 29.6. The molecular weight excluding hydrogens is 320 g/mol. The van der Waals surface area contributed by atoms with Crippen LogP contribution in [0.4, 0.5) is 8.78 Å². The summed E-state index contributed by atoms with van der Waals surface area (Å²) in [6.45, 7) is 2.86. The molecule has 0 fully saturated rings. The normalized spacial score (nSPS) is 17.2. The van der Waals surface area contributed by atoms with Crippen molar-refractivity contribution >= 4 is 5.91 Å². The van der Waals surface area contributed by atoms with Gasteiger partial charge in [-0.2, -0.15) is 13.8 Å². The zero-order valence-corrected chi connectivity index (χ0v) is 13.2. The van der Waals surface area contributed by atoms with E-state index in [1.54, 1.807) is 6.07 Å². The molecule has 1 unspecified atom stereocenters. The molecule has 0 spiro atoms. The molecule has 1 aliphatic rings. The number of carbonyl (C=O) groups excluding carboxylic acids is 1. The Hall–Kier alpha value is -2.35. The van der Waals surface area contributed by atoms with Crippen molar-refractivity contribution in [1.82, 2.24) is 15.5 Å². The van der Waals surface area contributed by atoms with Crippen LogP contribution in [0.1, 0.15) is 49.8 Å². The second kappa shape index (κ2) is 5.94. The number of aliphatic hydroxyl groups is 1. The maximum Gasteiger partial charge on any atom is 0.315 e. The van der Waals surface area contributed by atoms with Crippen LogP contribution < -0.4 is 5.32 Å². The van der Waals surface area contributed by atoms with Crippen molar-refractivity contribution in [3.8, 4) is 11.4 Å². The van der Waals surface area contributed by atoms with Crippen LogP contribution in [0.3, 0.4) is 0 Å². The number of benzene rings is 1. The maximum absolute atomic E-state index is 12.5. The van der Waals surface area contributed by atoms with Gasteiger partial charge in [-0.15, -0.1) is 0 Å². The Morgan fingerprint density at radius 1 is 1.46 bits per heavy atom. The SMILES string of the molecule is CC(C)(O)C(=O)NC1CCc2cc(-c3noc(C(F)F)n3)ccc21. The summed E-state index contributed by atoms with van der Waals surface area (Å²) in [5.74, 6) is -1.04. The van der Waals surface area contributed by atoms with Crippen molar-refractivity contribution in [3.05, 3.63) is 35.2 Å². The zero-order valence-electron chi connectivity index (χ0n) is 13.2. The number of fused-ring (bicyclic) bond motifs is 1. The molecule has 1 aliphatic carbocycles. The van der Waals surface area contributed by atoms with E-state index in [4.69, 9.17) is 0 Å². The quantitative estimate of drug-likeness (QED) is 0.895. The summed E-state index contributed by atoms with van der Waals surface area (Å²) in [6, 6.07) is 5.14. The third kappa shape index (κ3) is 3.14. The number of amides is 1. The molecule has 1 aromatic heterocycles. The topological polar surface area (TPSA) is 88.2 Å². The van der Waals surface area contributed by atoms with Gasteiger partial charge in [0, 0.05) is 5.56 Å². The van der Waals surface area contributed by atoms with Gasteiger partial charge in [-0.3, -0.25) is 4.79 Å². The standard InChI is InChI=1S/C16H17F2N3O3/c1-16(2,23)15(22)19-11-6-4-8-7-9(3-5-10(8)11)13-20-14(12(17)18)24-21-13/h3,5,7,11-12,23H,4,6H2,1-2H3,(H,19,22). The molecule has 2 aromatic rings. The second-order valence-electron chi connectivity index (χ2n) is 6.29. The smallest absolute Gasteiger partial charge is 0.315 e. The van der Waals surface area contributed by atoms with Gasteiger partial charge in [-0.25, -0.2) is 0 Å². The molecular formula is C16H17F2N3O3. The largest absolute Gasteiger partial charge is 0.381 e. The molecule has 0 saturated carbocycles. The van der Waals surface area contributed by atoms with E-state index in [9.17, 15) is 18.7 Å². The fourth-order valence-corrected chi connectivity index (χ4v) is 2.68. The molecule has 1 heterocycles. The molecule has 8 heteroatoms. The Morgan fingerprint density at radius 2 is 2.21 bits per heavy atom. The molecule has 0 aliphatic heterocycles. The fraction of sp³-hybridized carbons (Fsp3) is 0.438. The van der Waals surface area contributed by atoms with Gasteiger partial charge in [-0.1, -0.05) is 17.3 Å². The first-order chi connectivity index (χ1) is 11.3. The summed E-state index contributed by atoms with van der Waals surface area (Å²) in [7, 11) is 0. The number of nitrogens with one attached hydrogen (secondary N) is 1. The van der Waals surface area contributed by atoms with Crippen LogP contribution in [0, 0.1) is 0 Å². The van der Waals surface area contributed by atoms with Gasteiger partial charge >= 0.3 is 6.43 Å². The minimum Gasteiger partial charge on any atom is -0.381 e. The minimum absolute atomic E-state index is 0.108. The summed E-state index contributed by atoms with van der Waals surface area (Å²) in [6.07, 6.45) is -1.38. The highest BCUT2D eigenvalue weighted by Gasteiger charge is 2.30. The molecule has 3 rings (SSSR count). The van der Waals surface area contributed by atoms with Crippen molar-refractivity contribution < 1.29 is 23.2 Å². The lowest BCUT2D eigenvalue weighted by atomic mass is 10.0. The van der Waals surface area contributed by atoms with Gasteiger partial charge in [0.1, 0.15) is 5.60 Å². The lowest BCUT2D eigenvalue weighted by Gasteiger charge is -2.21. The van der Waals surface area contributed by atoms with Crippen molar-refractivity contribution in [2.45, 2.75) is 44.8 Å². The van der Waals surface area contributed by atoms with Gasteiger partial charge < -0.3 is 14.9 Å². The third-order valence-corrected chi connectivity index (χ3v) is 3.97. The van der Waals surface area contributed by atoms with Crippen molar-refractivity contribution in [2.24, 2.45) is 0 Å².